The zero-order chi connectivity index (χ0) is 105. The number of piperidine rings is 5. The van der Waals surface area contributed by atoms with Crippen LogP contribution >= 0.6 is 11.3 Å². The fourth-order valence-corrected chi connectivity index (χ4v) is 19.6. The van der Waals surface area contributed by atoms with E-state index in [9.17, 15) is 31.9 Å². The molecule has 1 aliphatic carbocycles. The molecule has 147 heavy (non-hydrogen) atoms. The Bertz CT molecular complexity index is 5670. The predicted octanol–water partition coefficient (Wildman–Crippen LogP) is 23.3. The first-order valence-electron chi connectivity index (χ1n) is 52.6. The first kappa shape index (κ1) is 115. The molecule has 0 bridgehead atoms. The summed E-state index contributed by atoms with van der Waals surface area (Å²) in [7, 11) is 0. The summed E-state index contributed by atoms with van der Waals surface area (Å²) in [6.07, 6.45) is 37.6. The Hall–Kier alpha value is -11.2. The number of ether oxygens (including phenoxy) is 7. The van der Waals surface area contributed by atoms with Gasteiger partial charge in [-0.25, -0.2) is 38.1 Å². The predicted molar refractivity (Wildman–Crippen MR) is 569 cm³/mol. The smallest absolute Gasteiger partial charge is 0.237 e. The second-order valence-corrected chi connectivity index (χ2v) is 46.1. The van der Waals surface area contributed by atoms with E-state index >= 15 is 0 Å². The van der Waals surface area contributed by atoms with Gasteiger partial charge >= 0.3 is 0 Å². The van der Waals surface area contributed by atoms with Crippen LogP contribution in [-0.4, -0.2) is 197 Å². The highest BCUT2D eigenvalue weighted by Gasteiger charge is 2.37. The van der Waals surface area contributed by atoms with Gasteiger partial charge in [-0.3, -0.25) is 63.8 Å². The molecule has 11 heterocycles. The topological polar surface area (TPSA) is 261 Å². The summed E-state index contributed by atoms with van der Waals surface area (Å²) in [4.78, 5) is 93.9. The van der Waals surface area contributed by atoms with Gasteiger partial charge in [0.1, 0.15) is 91.2 Å². The molecule has 25 nitrogen and oxygen atoms in total. The Morgan fingerprint density at radius 1 is 0.381 bits per heavy atom. The molecule has 4 aromatic carbocycles. The van der Waals surface area contributed by atoms with Gasteiger partial charge in [0, 0.05) is 160 Å². The maximum Gasteiger partial charge on any atom is 0.237 e. The number of benzene rings is 4. The SMILES string of the molecule is CC(C)(C)Oc1nccnc1CN1CCC(/C=C/c2ccccc2OCC2CCCCC2)CC1.CC(C)(C)Oc1nccnc1CN1CCC(C(=O)Cc2ccsc2F)CC1.CC1(COc2ccccc2F)CCN(Cc2nccnc2OC(C)(C)C)CC1.C[C@@H]1C[C@H](C(=O)Cc2ccccc2F)CCN1Cc1nccnc1OC(C)(C)C.C[C@H]1C[C@H](C(=O)Cc2ccccc2F)CCN1Cc1nccnc1OC(C)(C)C. The lowest BCUT2D eigenvalue weighted by atomic mass is 9.81. The number of thiophene rings is 1. The standard InChI is InChI=1S/C29H41N3O2.2C23H30FN3O2.C22H30FN3O2.C20H26FN3O2S/c1-29(2,3)34-28-26(30-17-18-31-28)21-32-19-15-23(16-20-32)13-14-25-11-7-8-12-27(25)33-22-24-9-5-4-6-10-24;2*1-16-13-18(21(28)14-17-7-5-6-8-19(17)24)9-12-27(16)15-20-22(26-11-10-25-20)29-23(2,3)4;1-21(2,3)28-20-18(24-11-12-25-20)15-26-13-9-22(4,10-14-26)16-27-19-8-6-5-7-17(19)23;1-20(2,3)26-19-16(22-7-8-23-19)13-24-9-4-14(5-10-24)17(25)12-15-6-11-27-18(15)21/h7-8,11-14,17-18,23-24H,4-6,9-10,15-16,19-22H2,1-3H3;2*5-8,10-11,16,18H,9,12-15H2,1-4H3;5-8,11-12H,9-10,13-16H2,1-4H3;6-8,11,14H,4-5,9-10,12-13H2,1-3H3/b14-13+;;;;/t;16-,18+;16-,18-;;/m.01../s1. The molecule has 1 saturated carbocycles. The summed E-state index contributed by atoms with van der Waals surface area (Å²) in [5.41, 5.74) is 5.34. The molecule has 0 spiro atoms. The minimum Gasteiger partial charge on any atom is -0.493 e. The summed E-state index contributed by atoms with van der Waals surface area (Å²) < 4.78 is 96.9. The van der Waals surface area contributed by atoms with E-state index in [1.165, 1.54) is 55.9 Å². The number of carbonyl (C=O) groups excluding carboxylic acids is 3. The van der Waals surface area contributed by atoms with Crippen LogP contribution in [0.3, 0.4) is 0 Å². The number of carbonyl (C=O) groups is 3. The van der Waals surface area contributed by atoms with Crippen LogP contribution in [0.1, 0.15) is 272 Å². The Kier molecular flexibility index (Phi) is 42.3. The van der Waals surface area contributed by atoms with E-state index < -0.39 is 0 Å². The molecule has 16 rings (SSSR count). The van der Waals surface area contributed by atoms with E-state index in [1.54, 1.807) is 128 Å². The molecule has 5 saturated heterocycles. The summed E-state index contributed by atoms with van der Waals surface area (Å²) in [6, 6.07) is 30.2. The largest absolute Gasteiger partial charge is 0.493 e. The Morgan fingerprint density at radius 2 is 0.728 bits per heavy atom. The molecule has 6 aliphatic rings. The van der Waals surface area contributed by atoms with Crippen LogP contribution < -0.4 is 33.2 Å². The van der Waals surface area contributed by atoms with Gasteiger partial charge in [0.25, 0.3) is 0 Å². The zero-order valence-electron chi connectivity index (χ0n) is 89.9. The van der Waals surface area contributed by atoms with Crippen LogP contribution in [0, 0.1) is 57.6 Å². The van der Waals surface area contributed by atoms with Gasteiger partial charge in [0.15, 0.2) is 16.7 Å². The minimum absolute atomic E-state index is 0.00713. The molecule has 10 aromatic rings. The maximum absolute atomic E-state index is 13.9. The number of rotatable bonds is 32. The zero-order valence-corrected chi connectivity index (χ0v) is 90.7. The number of likely N-dealkylation sites (tertiary alicyclic amines) is 5. The summed E-state index contributed by atoms with van der Waals surface area (Å²) in [5.74, 6) is 5.02. The molecule has 5 aliphatic heterocycles. The number of ketones is 3. The first-order chi connectivity index (χ1) is 70.0. The Balaban J connectivity index is 0.000000164. The normalized spacial score (nSPS) is 18.8. The highest BCUT2D eigenvalue weighted by atomic mass is 32.1. The average molecular weight is 2040 g/mol. The van der Waals surface area contributed by atoms with Crippen molar-refractivity contribution in [2.75, 3.05) is 65.6 Å². The number of allylic oxidation sites excluding steroid dienone is 1. The van der Waals surface area contributed by atoms with Crippen molar-refractivity contribution in [3.63, 3.8) is 0 Å². The molecule has 0 unspecified atom stereocenters. The molecule has 6 fully saturated rings. The van der Waals surface area contributed by atoms with Gasteiger partial charge in [-0.05, 0) is 312 Å². The van der Waals surface area contributed by atoms with Gasteiger partial charge in [-0.2, -0.15) is 4.39 Å². The van der Waals surface area contributed by atoms with Gasteiger partial charge in [0.05, 0.1) is 13.2 Å². The third kappa shape index (κ3) is 38.4. The first-order valence-corrected chi connectivity index (χ1v) is 53.5. The van der Waals surface area contributed by atoms with Gasteiger partial charge < -0.3 is 33.2 Å². The molecule has 0 radical (unpaired) electrons. The number of Topliss-reactive ketones (excluding diaryl/α,β-unsaturated/α-hetero) is 3. The second kappa shape index (κ2) is 54.3. The van der Waals surface area contributed by atoms with Crippen molar-refractivity contribution in [3.05, 3.63) is 250 Å². The average Bonchev–Trinajstić information content (AvgIpc) is 0.958. The van der Waals surface area contributed by atoms with E-state index in [4.69, 9.17) is 33.2 Å². The highest BCUT2D eigenvalue weighted by Crippen LogP contribution is 2.38. The van der Waals surface area contributed by atoms with Crippen LogP contribution in [0.2, 0.25) is 0 Å². The molecule has 0 amide bonds. The maximum atomic E-state index is 13.9. The summed E-state index contributed by atoms with van der Waals surface area (Å²) in [5, 5.41) is 1.45. The van der Waals surface area contributed by atoms with Crippen molar-refractivity contribution in [3.8, 4) is 40.9 Å². The summed E-state index contributed by atoms with van der Waals surface area (Å²) in [6.45, 7) is 48.5. The molecule has 0 N–H and O–H groups in total. The van der Waals surface area contributed by atoms with Crippen LogP contribution in [0.25, 0.3) is 6.08 Å². The van der Waals surface area contributed by atoms with Crippen LogP contribution in [0.4, 0.5) is 17.6 Å². The van der Waals surface area contributed by atoms with Crippen molar-refractivity contribution in [1.82, 2.24) is 74.3 Å². The quantitative estimate of drug-likeness (QED) is 0.0355. The third-order valence-corrected chi connectivity index (χ3v) is 27.7. The third-order valence-electron chi connectivity index (χ3n) is 27.0. The fraction of sp³-hybridized carbons (Fsp3) is 0.547. The lowest BCUT2D eigenvalue weighted by Crippen LogP contribution is -2.42. The number of hydrogen-bond donors (Lipinski definition) is 0. The monoisotopic (exact) mass is 2040 g/mol. The van der Waals surface area contributed by atoms with Crippen LogP contribution in [-0.2, 0) is 66.4 Å². The fourth-order valence-electron chi connectivity index (χ4n) is 18.9. The van der Waals surface area contributed by atoms with E-state index in [2.05, 4.69) is 132 Å². The van der Waals surface area contributed by atoms with Crippen molar-refractivity contribution < 1.29 is 65.1 Å². The van der Waals surface area contributed by atoms with Gasteiger partial charge in [-0.15, -0.1) is 11.3 Å². The number of hydrogen-bond acceptors (Lipinski definition) is 26. The van der Waals surface area contributed by atoms with Gasteiger partial charge in [-0.1, -0.05) is 105 Å². The molecule has 794 valence electrons. The molecule has 4 atom stereocenters. The molecular weight excluding hydrogens is 1880 g/mol. The highest BCUT2D eigenvalue weighted by molar-refractivity contribution is 7.08. The van der Waals surface area contributed by atoms with Crippen LogP contribution in [0.15, 0.2) is 177 Å². The van der Waals surface area contributed by atoms with E-state index in [-0.39, 0.29) is 122 Å². The lowest BCUT2D eigenvalue weighted by Gasteiger charge is -2.39. The van der Waals surface area contributed by atoms with Crippen molar-refractivity contribution in [2.24, 2.45) is 35.0 Å². The molecule has 30 heteroatoms. The van der Waals surface area contributed by atoms with Crippen LogP contribution in [0.5, 0.6) is 40.9 Å². The number of aromatic nitrogens is 10. The van der Waals surface area contributed by atoms with Crippen molar-refractivity contribution >= 4 is 34.8 Å². The van der Waals surface area contributed by atoms with E-state index in [1.807, 2.05) is 104 Å². The summed E-state index contributed by atoms with van der Waals surface area (Å²) >= 11 is 1.05. The Morgan fingerprint density at radius 3 is 1.12 bits per heavy atom. The van der Waals surface area contributed by atoms with E-state index in [0.29, 0.717) is 90.5 Å². The molecular formula is C117H157F4N15O10S. The van der Waals surface area contributed by atoms with Crippen molar-refractivity contribution in [1.29, 1.82) is 0 Å². The van der Waals surface area contributed by atoms with Crippen molar-refractivity contribution in [2.45, 2.75) is 313 Å². The lowest BCUT2D eigenvalue weighted by molar-refractivity contribution is -0.125. The minimum atomic E-state index is -0.345. The Labute approximate surface area is 873 Å². The van der Waals surface area contributed by atoms with E-state index in [0.717, 1.165) is 181 Å². The number of nitrogens with zero attached hydrogens (tertiary/aromatic N) is 15. The molecule has 6 aromatic heterocycles. The number of halogens is 4. The van der Waals surface area contributed by atoms with Gasteiger partial charge in [0.2, 0.25) is 29.4 Å². The number of para-hydroxylation sites is 2. The second-order valence-electron chi connectivity index (χ2n) is 45.2.